The van der Waals surface area contributed by atoms with Gasteiger partial charge in [0, 0.05) is 9.79 Å². The van der Waals surface area contributed by atoms with Crippen LogP contribution in [0.4, 0.5) is 0 Å². The van der Waals surface area contributed by atoms with Crippen LogP contribution in [-0.2, 0) is 6.42 Å². The molecule has 0 saturated carbocycles. The molecule has 3 aromatic rings. The number of rotatable bonds is 1. The average molecular weight is 274 g/mol. The van der Waals surface area contributed by atoms with Crippen molar-refractivity contribution in [1.29, 1.82) is 0 Å². The molecular weight excluding hydrogens is 260 g/mol. The Kier molecular flexibility index (Phi) is 2.86. The fourth-order valence-electron chi connectivity index (χ4n) is 2.70. The van der Waals surface area contributed by atoms with E-state index in [2.05, 4.69) is 72.8 Å². The van der Waals surface area contributed by atoms with E-state index in [9.17, 15) is 0 Å². The minimum absolute atomic E-state index is 1.04. The van der Waals surface area contributed by atoms with E-state index in [1.54, 1.807) is 0 Å². The molecule has 0 radical (unpaired) electrons. The maximum absolute atomic E-state index is 2.34. The highest BCUT2D eigenvalue weighted by molar-refractivity contribution is 7.99. The molecule has 0 nitrogen and oxygen atoms in total. The van der Waals surface area contributed by atoms with Gasteiger partial charge in [-0.15, -0.1) is 0 Å². The molecule has 0 N–H and O–H groups in total. The first-order valence-corrected chi connectivity index (χ1v) is 7.66. The molecule has 0 atom stereocenters. The maximum atomic E-state index is 2.34. The van der Waals surface area contributed by atoms with Crippen molar-refractivity contribution >= 4 is 11.8 Å². The van der Waals surface area contributed by atoms with Gasteiger partial charge in [-0.05, 0) is 46.9 Å². The highest BCUT2D eigenvalue weighted by atomic mass is 32.2. The molecule has 0 bridgehead atoms. The van der Waals surface area contributed by atoms with E-state index < -0.39 is 0 Å². The average Bonchev–Trinajstić information content (AvgIpc) is 2.53. The summed E-state index contributed by atoms with van der Waals surface area (Å²) in [6.45, 7) is 0. The van der Waals surface area contributed by atoms with Crippen LogP contribution in [-0.4, -0.2) is 0 Å². The molecule has 0 aromatic heterocycles. The molecule has 0 saturated heterocycles. The Morgan fingerprint density at radius 1 is 0.600 bits per heavy atom. The Hall–Kier alpha value is -1.99. The molecule has 1 heteroatoms. The van der Waals surface area contributed by atoms with Crippen molar-refractivity contribution < 1.29 is 0 Å². The third-order valence-electron chi connectivity index (χ3n) is 3.74. The first kappa shape index (κ1) is 11.8. The summed E-state index contributed by atoms with van der Waals surface area (Å²) in [5.41, 5.74) is 5.48. The lowest BCUT2D eigenvalue weighted by molar-refractivity contribution is 1.06. The number of benzene rings is 3. The quantitative estimate of drug-likeness (QED) is 0.447. The second-order valence-corrected chi connectivity index (χ2v) is 6.16. The minimum Gasteiger partial charge on any atom is -0.0895 e. The van der Waals surface area contributed by atoms with Crippen LogP contribution in [0, 0.1) is 0 Å². The zero-order valence-electron chi connectivity index (χ0n) is 11.0. The summed E-state index contributed by atoms with van der Waals surface area (Å²) in [7, 11) is 0. The van der Waals surface area contributed by atoms with Crippen LogP contribution in [0.15, 0.2) is 82.6 Å². The molecule has 0 spiro atoms. The summed E-state index contributed by atoms with van der Waals surface area (Å²) < 4.78 is 0. The minimum atomic E-state index is 1.04. The van der Waals surface area contributed by atoms with E-state index in [1.165, 1.54) is 32.0 Å². The summed E-state index contributed by atoms with van der Waals surface area (Å²) in [5.74, 6) is 0. The van der Waals surface area contributed by atoms with Crippen molar-refractivity contribution in [3.05, 3.63) is 83.9 Å². The smallest absolute Gasteiger partial charge is 0.0158 e. The van der Waals surface area contributed by atoms with Crippen molar-refractivity contribution in [2.24, 2.45) is 0 Å². The molecule has 4 rings (SSSR count). The highest BCUT2D eigenvalue weighted by Gasteiger charge is 2.15. The van der Waals surface area contributed by atoms with Gasteiger partial charge in [-0.25, -0.2) is 0 Å². The zero-order valence-corrected chi connectivity index (χ0v) is 11.9. The van der Waals surface area contributed by atoms with Crippen molar-refractivity contribution in [3.63, 3.8) is 0 Å². The van der Waals surface area contributed by atoms with Crippen molar-refractivity contribution in [2.75, 3.05) is 0 Å². The van der Waals surface area contributed by atoms with Gasteiger partial charge in [0.2, 0.25) is 0 Å². The zero-order chi connectivity index (χ0) is 13.4. The van der Waals surface area contributed by atoms with Gasteiger partial charge in [0.1, 0.15) is 0 Å². The van der Waals surface area contributed by atoms with Gasteiger partial charge in [0.05, 0.1) is 0 Å². The van der Waals surface area contributed by atoms with Crippen molar-refractivity contribution in [2.45, 2.75) is 16.2 Å². The van der Waals surface area contributed by atoms with Gasteiger partial charge in [-0.3, -0.25) is 0 Å². The number of fused-ring (bicyclic) bond motifs is 2. The Morgan fingerprint density at radius 3 is 2.25 bits per heavy atom. The predicted molar refractivity (Wildman–Crippen MR) is 85.2 cm³/mol. The van der Waals surface area contributed by atoms with E-state index >= 15 is 0 Å². The summed E-state index contributed by atoms with van der Waals surface area (Å²) in [6.07, 6.45) is 1.04. The predicted octanol–water partition coefficient (Wildman–Crippen LogP) is 5.41. The van der Waals surface area contributed by atoms with Crippen LogP contribution in [0.5, 0.6) is 0 Å². The van der Waals surface area contributed by atoms with Crippen molar-refractivity contribution in [1.82, 2.24) is 0 Å². The third-order valence-corrected chi connectivity index (χ3v) is 4.98. The molecule has 3 aromatic carbocycles. The van der Waals surface area contributed by atoms with Gasteiger partial charge in [-0.1, -0.05) is 66.4 Å². The standard InChI is InChI=1S/C19H14S/c1-2-6-14(7-3-1)15-10-11-19-17(12-15)13-16-8-4-5-9-18(16)20-19/h1-12H,13H2. The lowest BCUT2D eigenvalue weighted by Crippen LogP contribution is -1.99. The van der Waals surface area contributed by atoms with Crippen LogP contribution in [0.3, 0.4) is 0 Å². The van der Waals surface area contributed by atoms with Crippen LogP contribution < -0.4 is 0 Å². The van der Waals surface area contributed by atoms with Gasteiger partial charge in [0.15, 0.2) is 0 Å². The topological polar surface area (TPSA) is 0 Å². The Bertz CT molecular complexity index is 760. The van der Waals surface area contributed by atoms with E-state index in [1.807, 2.05) is 11.8 Å². The molecular formula is C19H14S. The molecule has 96 valence electrons. The molecule has 0 amide bonds. The monoisotopic (exact) mass is 274 g/mol. The Labute approximate surface area is 123 Å². The second kappa shape index (κ2) is 4.84. The van der Waals surface area contributed by atoms with Crippen molar-refractivity contribution in [3.8, 4) is 11.1 Å². The van der Waals surface area contributed by atoms with Crippen LogP contribution in [0.2, 0.25) is 0 Å². The fraction of sp³-hybridized carbons (Fsp3) is 0.0526. The van der Waals surface area contributed by atoms with Crippen LogP contribution >= 0.6 is 11.8 Å². The molecule has 1 aliphatic rings. The van der Waals surface area contributed by atoms with Gasteiger partial charge in [-0.2, -0.15) is 0 Å². The van der Waals surface area contributed by atoms with Crippen LogP contribution in [0.1, 0.15) is 11.1 Å². The van der Waals surface area contributed by atoms with Crippen LogP contribution in [0.25, 0.3) is 11.1 Å². The summed E-state index contributed by atoms with van der Waals surface area (Å²) in [6, 6.07) is 26.1. The normalized spacial score (nSPS) is 12.6. The molecule has 0 unspecified atom stereocenters. The largest absolute Gasteiger partial charge is 0.0895 e. The fourth-order valence-corrected chi connectivity index (χ4v) is 3.75. The van der Waals surface area contributed by atoms with E-state index in [0.29, 0.717) is 0 Å². The van der Waals surface area contributed by atoms with E-state index in [4.69, 9.17) is 0 Å². The van der Waals surface area contributed by atoms with Gasteiger partial charge >= 0.3 is 0 Å². The highest BCUT2D eigenvalue weighted by Crippen LogP contribution is 2.40. The lowest BCUT2D eigenvalue weighted by Gasteiger charge is -2.19. The molecule has 20 heavy (non-hydrogen) atoms. The first-order chi connectivity index (χ1) is 9.90. The number of hydrogen-bond acceptors (Lipinski definition) is 1. The summed E-state index contributed by atoms with van der Waals surface area (Å²) >= 11 is 1.89. The molecule has 0 aliphatic carbocycles. The van der Waals surface area contributed by atoms with Gasteiger partial charge < -0.3 is 0 Å². The molecule has 1 aliphatic heterocycles. The SMILES string of the molecule is c1ccc(-c2ccc3c(c2)Cc2ccccc2S3)cc1. The lowest BCUT2D eigenvalue weighted by atomic mass is 9.98. The maximum Gasteiger partial charge on any atom is 0.0158 e. The second-order valence-electron chi connectivity index (χ2n) is 5.08. The molecule has 0 fully saturated rings. The molecule has 1 heterocycles. The summed E-state index contributed by atoms with van der Waals surface area (Å²) in [5, 5.41) is 0. The third kappa shape index (κ3) is 2.04. The summed E-state index contributed by atoms with van der Waals surface area (Å²) in [4.78, 5) is 2.79. The Morgan fingerprint density at radius 2 is 1.35 bits per heavy atom. The van der Waals surface area contributed by atoms with Gasteiger partial charge in [0.25, 0.3) is 0 Å². The first-order valence-electron chi connectivity index (χ1n) is 6.84. The number of hydrogen-bond donors (Lipinski definition) is 0. The van der Waals surface area contributed by atoms with E-state index in [0.717, 1.165) is 6.42 Å². The van der Waals surface area contributed by atoms with E-state index in [-0.39, 0.29) is 0 Å². The Balaban J connectivity index is 1.77.